The molecule has 1 N–H and O–H groups in total. The number of rotatable bonds is 8. The Bertz CT molecular complexity index is 1930. The van der Waals surface area contributed by atoms with Crippen LogP contribution in [0.1, 0.15) is 33.2 Å². The lowest BCUT2D eigenvalue weighted by Gasteiger charge is -2.15. The number of fused-ring (bicyclic) bond motifs is 1. The highest BCUT2D eigenvalue weighted by molar-refractivity contribution is 6.00. The van der Waals surface area contributed by atoms with Crippen molar-refractivity contribution < 1.29 is 14.3 Å². The molecule has 0 aliphatic carbocycles. The number of esters is 1. The Balaban J connectivity index is 1.42. The van der Waals surface area contributed by atoms with Crippen molar-refractivity contribution >= 4 is 28.9 Å². The summed E-state index contributed by atoms with van der Waals surface area (Å²) in [7, 11) is 0. The van der Waals surface area contributed by atoms with Crippen LogP contribution in [0.15, 0.2) is 139 Å². The van der Waals surface area contributed by atoms with E-state index in [0.717, 1.165) is 44.5 Å². The molecule has 5 aromatic carbocycles. The van der Waals surface area contributed by atoms with Crippen molar-refractivity contribution in [1.29, 1.82) is 0 Å². The van der Waals surface area contributed by atoms with Crippen LogP contribution in [0, 0.1) is 0 Å². The standard InChI is InChI=1S/C37H29N3O3/c1-2-43-37(42)29-19-21-33(22-20-29)40-34(27-12-5-3-6-13-27)24-32(35(40)28-14-7-4-8-15-28)25-38-39-36(41)31-18-17-26-11-9-10-16-30(26)23-31/h3-25H,2H2,1H3,(H,39,41)/b38-25-. The van der Waals surface area contributed by atoms with Gasteiger partial charge in [0.15, 0.2) is 0 Å². The van der Waals surface area contributed by atoms with E-state index in [1.807, 2.05) is 97.1 Å². The highest BCUT2D eigenvalue weighted by Gasteiger charge is 2.19. The van der Waals surface area contributed by atoms with Crippen LogP contribution in [0.25, 0.3) is 39.0 Å². The van der Waals surface area contributed by atoms with Crippen LogP contribution in [0.5, 0.6) is 0 Å². The molecule has 0 atom stereocenters. The summed E-state index contributed by atoms with van der Waals surface area (Å²) in [6.07, 6.45) is 1.68. The molecular formula is C37H29N3O3. The van der Waals surface area contributed by atoms with Gasteiger partial charge in [-0.15, -0.1) is 0 Å². The lowest BCUT2D eigenvalue weighted by Crippen LogP contribution is -2.17. The molecule has 6 rings (SSSR count). The van der Waals surface area contributed by atoms with Crippen molar-refractivity contribution in [2.45, 2.75) is 6.92 Å². The van der Waals surface area contributed by atoms with Crippen LogP contribution in [-0.4, -0.2) is 29.3 Å². The van der Waals surface area contributed by atoms with Crippen LogP contribution in [0.2, 0.25) is 0 Å². The second-order valence-corrected chi connectivity index (χ2v) is 9.93. The molecule has 6 nitrogen and oxygen atoms in total. The van der Waals surface area contributed by atoms with Crippen molar-refractivity contribution in [1.82, 2.24) is 9.99 Å². The van der Waals surface area contributed by atoms with E-state index in [1.165, 1.54) is 0 Å². The van der Waals surface area contributed by atoms with Crippen LogP contribution in [0.3, 0.4) is 0 Å². The molecule has 1 amide bonds. The summed E-state index contributed by atoms with van der Waals surface area (Å²) in [6.45, 7) is 2.10. The number of nitrogens with one attached hydrogen (secondary N) is 1. The van der Waals surface area contributed by atoms with Gasteiger partial charge in [-0.2, -0.15) is 5.10 Å². The molecule has 0 aliphatic heterocycles. The van der Waals surface area contributed by atoms with Gasteiger partial charge in [-0.3, -0.25) is 4.79 Å². The number of hydrogen-bond donors (Lipinski definition) is 1. The van der Waals surface area contributed by atoms with Crippen LogP contribution < -0.4 is 5.43 Å². The molecular weight excluding hydrogens is 534 g/mol. The van der Waals surface area contributed by atoms with Crippen molar-refractivity contribution in [3.8, 4) is 28.2 Å². The average Bonchev–Trinajstić information content (AvgIpc) is 3.45. The predicted octanol–water partition coefficient (Wildman–Crippen LogP) is 7.91. The molecule has 0 aliphatic rings. The third-order valence-electron chi connectivity index (χ3n) is 7.16. The van der Waals surface area contributed by atoms with Gasteiger partial charge in [-0.1, -0.05) is 91.0 Å². The van der Waals surface area contributed by atoms with E-state index in [9.17, 15) is 9.59 Å². The molecule has 1 aromatic heterocycles. The van der Waals surface area contributed by atoms with Crippen LogP contribution >= 0.6 is 0 Å². The third kappa shape index (κ3) is 5.85. The topological polar surface area (TPSA) is 72.7 Å². The summed E-state index contributed by atoms with van der Waals surface area (Å²) < 4.78 is 7.33. The van der Waals surface area contributed by atoms with Crippen LogP contribution in [0.4, 0.5) is 0 Å². The van der Waals surface area contributed by atoms with Crippen molar-refractivity contribution in [3.05, 3.63) is 150 Å². The van der Waals surface area contributed by atoms with Crippen molar-refractivity contribution in [2.75, 3.05) is 6.61 Å². The zero-order chi connectivity index (χ0) is 29.6. The first-order valence-electron chi connectivity index (χ1n) is 14.1. The summed E-state index contributed by atoms with van der Waals surface area (Å²) in [5.74, 6) is -0.649. The summed E-state index contributed by atoms with van der Waals surface area (Å²) in [5, 5.41) is 6.44. The van der Waals surface area contributed by atoms with Gasteiger partial charge in [0.25, 0.3) is 5.91 Å². The number of amides is 1. The van der Waals surface area contributed by atoms with E-state index in [4.69, 9.17) is 4.74 Å². The lowest BCUT2D eigenvalue weighted by molar-refractivity contribution is 0.0526. The molecule has 0 saturated carbocycles. The average molecular weight is 564 g/mol. The fourth-order valence-electron chi connectivity index (χ4n) is 5.13. The van der Waals surface area contributed by atoms with Crippen molar-refractivity contribution in [3.63, 3.8) is 0 Å². The zero-order valence-corrected chi connectivity index (χ0v) is 23.6. The molecule has 6 aromatic rings. The smallest absolute Gasteiger partial charge is 0.338 e. The first-order chi connectivity index (χ1) is 21.1. The van der Waals surface area contributed by atoms with E-state index in [-0.39, 0.29) is 11.9 Å². The highest BCUT2D eigenvalue weighted by atomic mass is 16.5. The number of aromatic nitrogens is 1. The molecule has 0 radical (unpaired) electrons. The predicted molar refractivity (Wildman–Crippen MR) is 172 cm³/mol. The van der Waals surface area contributed by atoms with E-state index in [0.29, 0.717) is 17.7 Å². The summed E-state index contributed by atoms with van der Waals surface area (Å²) >= 11 is 0. The largest absolute Gasteiger partial charge is 0.462 e. The molecule has 6 heteroatoms. The maximum Gasteiger partial charge on any atom is 0.338 e. The minimum absolute atomic E-state index is 0.291. The third-order valence-corrected chi connectivity index (χ3v) is 7.16. The van der Waals surface area contributed by atoms with Gasteiger partial charge in [0.1, 0.15) is 0 Å². The number of benzene rings is 5. The molecule has 0 saturated heterocycles. The maximum absolute atomic E-state index is 13.0. The molecule has 43 heavy (non-hydrogen) atoms. The van der Waals surface area contributed by atoms with E-state index < -0.39 is 0 Å². The number of carbonyl (C=O) groups is 2. The minimum atomic E-state index is -0.358. The number of hydrazone groups is 1. The van der Waals surface area contributed by atoms with Crippen molar-refractivity contribution in [2.24, 2.45) is 5.10 Å². The zero-order valence-electron chi connectivity index (χ0n) is 23.6. The first kappa shape index (κ1) is 27.4. The van der Waals surface area contributed by atoms with E-state index in [2.05, 4.69) is 33.3 Å². The number of carbonyl (C=O) groups excluding carboxylic acids is 2. The van der Waals surface area contributed by atoms with Gasteiger partial charge in [0, 0.05) is 16.8 Å². The van der Waals surface area contributed by atoms with Gasteiger partial charge in [-0.25, -0.2) is 10.2 Å². The Labute approximate surface area is 249 Å². The number of ether oxygens (including phenoxy) is 1. The maximum atomic E-state index is 13.0. The van der Waals surface area contributed by atoms with Gasteiger partial charge in [-0.05, 0) is 71.3 Å². The van der Waals surface area contributed by atoms with Gasteiger partial charge >= 0.3 is 5.97 Å². The Kier molecular flexibility index (Phi) is 7.91. The molecule has 210 valence electrons. The van der Waals surface area contributed by atoms with Gasteiger partial charge in [0.2, 0.25) is 0 Å². The monoisotopic (exact) mass is 563 g/mol. The molecule has 1 heterocycles. The minimum Gasteiger partial charge on any atom is -0.462 e. The molecule has 0 fully saturated rings. The molecule has 0 unspecified atom stereocenters. The summed E-state index contributed by atoms with van der Waals surface area (Å²) in [5.41, 5.74) is 9.21. The van der Waals surface area contributed by atoms with E-state index >= 15 is 0 Å². The Morgan fingerprint density at radius 1 is 0.721 bits per heavy atom. The lowest BCUT2D eigenvalue weighted by atomic mass is 10.1. The Morgan fingerprint density at radius 3 is 2.05 bits per heavy atom. The number of hydrogen-bond acceptors (Lipinski definition) is 4. The second kappa shape index (κ2) is 12.4. The fraction of sp³-hybridized carbons (Fsp3) is 0.0541. The van der Waals surface area contributed by atoms with Gasteiger partial charge in [0.05, 0.1) is 29.8 Å². The SMILES string of the molecule is CCOC(=O)c1ccc(-n2c(-c3ccccc3)cc(/C=N\NC(=O)c3ccc4ccccc4c3)c2-c2ccccc2)cc1. The van der Waals surface area contributed by atoms with Crippen LogP contribution in [-0.2, 0) is 4.74 Å². The fourth-order valence-corrected chi connectivity index (χ4v) is 5.13. The highest BCUT2D eigenvalue weighted by Crippen LogP contribution is 2.35. The summed E-state index contributed by atoms with van der Waals surface area (Å²) in [4.78, 5) is 25.3. The normalized spacial score (nSPS) is 11.1. The summed E-state index contributed by atoms with van der Waals surface area (Å²) in [6, 6.07) is 43.0. The van der Waals surface area contributed by atoms with E-state index in [1.54, 1.807) is 31.3 Å². The van der Waals surface area contributed by atoms with Gasteiger partial charge < -0.3 is 9.30 Å². The Hall–Kier alpha value is -5.75. The quantitative estimate of drug-likeness (QED) is 0.116. The molecule has 0 spiro atoms. The first-order valence-corrected chi connectivity index (χ1v) is 14.1. The Morgan fingerprint density at radius 2 is 1.35 bits per heavy atom. The second-order valence-electron chi connectivity index (χ2n) is 9.93. The molecule has 0 bridgehead atoms. The number of nitrogens with zero attached hydrogens (tertiary/aromatic N) is 2.